The van der Waals surface area contributed by atoms with Gasteiger partial charge in [-0.25, -0.2) is 0 Å². The number of terminal acetylenes is 1. The van der Waals surface area contributed by atoms with E-state index in [4.69, 9.17) is 21.6 Å². The van der Waals surface area contributed by atoms with Gasteiger partial charge in [0.25, 0.3) is 5.91 Å². The lowest BCUT2D eigenvalue weighted by Gasteiger charge is -2.17. The molecular formula is C16H22N2O3. The largest absolute Gasteiger partial charge is 0.490 e. The summed E-state index contributed by atoms with van der Waals surface area (Å²) in [5, 5.41) is 2.58. The van der Waals surface area contributed by atoms with Crippen LogP contribution in [0.15, 0.2) is 18.2 Å². The molecular weight excluding hydrogens is 268 g/mol. The van der Waals surface area contributed by atoms with Gasteiger partial charge in [0.1, 0.15) is 0 Å². The lowest BCUT2D eigenvalue weighted by atomic mass is 10.1. The van der Waals surface area contributed by atoms with Crippen LogP contribution in [0.3, 0.4) is 0 Å². The molecule has 1 unspecified atom stereocenters. The minimum absolute atomic E-state index is 0.181. The maximum Gasteiger partial charge on any atom is 0.261 e. The summed E-state index contributed by atoms with van der Waals surface area (Å²) in [7, 11) is 0. The molecule has 1 aromatic carbocycles. The third-order valence-electron chi connectivity index (χ3n) is 2.78. The van der Waals surface area contributed by atoms with Crippen LogP contribution in [-0.4, -0.2) is 31.7 Å². The molecule has 0 saturated carbocycles. The van der Waals surface area contributed by atoms with Crippen LogP contribution in [0.1, 0.15) is 19.4 Å². The van der Waals surface area contributed by atoms with Crippen molar-refractivity contribution in [1.82, 2.24) is 5.32 Å². The van der Waals surface area contributed by atoms with Gasteiger partial charge in [-0.2, -0.15) is 0 Å². The zero-order valence-electron chi connectivity index (χ0n) is 12.5. The van der Waals surface area contributed by atoms with Gasteiger partial charge in [0, 0.05) is 0 Å². The van der Waals surface area contributed by atoms with Gasteiger partial charge >= 0.3 is 0 Å². The van der Waals surface area contributed by atoms with Gasteiger partial charge in [-0.1, -0.05) is 12.0 Å². The van der Waals surface area contributed by atoms with Crippen LogP contribution >= 0.6 is 0 Å². The number of hydrogen-bond acceptors (Lipinski definition) is 4. The molecule has 1 amide bonds. The minimum Gasteiger partial charge on any atom is -0.490 e. The highest BCUT2D eigenvalue weighted by Gasteiger charge is 2.16. The second-order valence-corrected chi connectivity index (χ2v) is 4.43. The Bertz CT molecular complexity index is 509. The Morgan fingerprint density at radius 1 is 1.48 bits per heavy atom. The third-order valence-corrected chi connectivity index (χ3v) is 2.78. The monoisotopic (exact) mass is 290 g/mol. The molecule has 21 heavy (non-hydrogen) atoms. The molecule has 0 spiro atoms. The lowest BCUT2D eigenvalue weighted by molar-refractivity contribution is -0.127. The Kier molecular flexibility index (Phi) is 7.13. The molecule has 0 aromatic heterocycles. The van der Waals surface area contributed by atoms with Crippen LogP contribution in [0.4, 0.5) is 0 Å². The van der Waals surface area contributed by atoms with Crippen molar-refractivity contribution in [3.05, 3.63) is 23.8 Å². The number of ether oxygens (including phenoxy) is 2. The number of nitrogens with one attached hydrogen (secondary N) is 1. The topological polar surface area (TPSA) is 73.6 Å². The number of hydrogen-bond donors (Lipinski definition) is 2. The minimum atomic E-state index is -0.655. The lowest BCUT2D eigenvalue weighted by Crippen LogP contribution is -2.36. The molecule has 1 atom stereocenters. The van der Waals surface area contributed by atoms with E-state index in [2.05, 4.69) is 11.2 Å². The fourth-order valence-corrected chi connectivity index (χ4v) is 1.77. The number of benzene rings is 1. The Morgan fingerprint density at radius 3 is 2.86 bits per heavy atom. The molecule has 1 aromatic rings. The number of carbonyl (C=O) groups excluding carboxylic acids is 1. The smallest absolute Gasteiger partial charge is 0.261 e. The zero-order valence-corrected chi connectivity index (χ0v) is 12.5. The van der Waals surface area contributed by atoms with Crippen LogP contribution in [0.5, 0.6) is 11.5 Å². The van der Waals surface area contributed by atoms with Gasteiger partial charge in [0.2, 0.25) is 0 Å². The predicted molar refractivity (Wildman–Crippen MR) is 82.3 cm³/mol. The van der Waals surface area contributed by atoms with Crippen LogP contribution in [0.2, 0.25) is 0 Å². The summed E-state index contributed by atoms with van der Waals surface area (Å²) in [6, 6.07) is 5.59. The van der Waals surface area contributed by atoms with Crippen molar-refractivity contribution >= 4 is 5.91 Å². The molecule has 0 aliphatic heterocycles. The van der Waals surface area contributed by atoms with E-state index in [1.807, 2.05) is 19.1 Å². The summed E-state index contributed by atoms with van der Waals surface area (Å²) >= 11 is 0. The van der Waals surface area contributed by atoms with E-state index in [-0.39, 0.29) is 12.5 Å². The summed E-state index contributed by atoms with van der Waals surface area (Å²) in [6.07, 6.45) is 5.21. The average Bonchev–Trinajstić information content (AvgIpc) is 2.47. The van der Waals surface area contributed by atoms with E-state index < -0.39 is 6.10 Å². The second kappa shape index (κ2) is 8.88. The summed E-state index contributed by atoms with van der Waals surface area (Å²) in [5.74, 6) is 3.22. The van der Waals surface area contributed by atoms with Gasteiger partial charge in [0.15, 0.2) is 17.6 Å². The van der Waals surface area contributed by atoms with Crippen LogP contribution in [0, 0.1) is 12.3 Å². The molecule has 5 heteroatoms. The zero-order chi connectivity index (χ0) is 15.7. The van der Waals surface area contributed by atoms with Crippen molar-refractivity contribution in [2.45, 2.75) is 26.4 Å². The highest BCUT2D eigenvalue weighted by atomic mass is 16.5. The third kappa shape index (κ3) is 5.36. The molecule has 0 fully saturated rings. The first-order chi connectivity index (χ1) is 10.1. The molecule has 5 nitrogen and oxygen atoms in total. The average molecular weight is 290 g/mol. The van der Waals surface area contributed by atoms with Crippen molar-refractivity contribution in [1.29, 1.82) is 0 Å². The van der Waals surface area contributed by atoms with E-state index >= 15 is 0 Å². The fraction of sp³-hybridized carbons (Fsp3) is 0.438. The van der Waals surface area contributed by atoms with Crippen LogP contribution < -0.4 is 20.5 Å². The highest BCUT2D eigenvalue weighted by molar-refractivity contribution is 5.81. The molecule has 0 aliphatic rings. The van der Waals surface area contributed by atoms with Crippen LogP contribution in [-0.2, 0) is 11.2 Å². The van der Waals surface area contributed by atoms with E-state index in [1.165, 1.54) is 0 Å². The molecule has 114 valence electrons. The van der Waals surface area contributed by atoms with Crippen molar-refractivity contribution in [2.75, 3.05) is 19.7 Å². The van der Waals surface area contributed by atoms with Gasteiger partial charge in [-0.3, -0.25) is 4.79 Å². The predicted octanol–water partition coefficient (Wildman–Crippen LogP) is 1.10. The maximum absolute atomic E-state index is 11.8. The first-order valence-electron chi connectivity index (χ1n) is 6.96. The molecule has 0 heterocycles. The van der Waals surface area contributed by atoms with E-state index in [9.17, 15) is 4.79 Å². The molecule has 0 saturated heterocycles. The number of rotatable bonds is 8. The first kappa shape index (κ1) is 16.9. The molecule has 3 N–H and O–H groups in total. The summed E-state index contributed by atoms with van der Waals surface area (Å²) < 4.78 is 11.2. The molecule has 0 radical (unpaired) electrons. The standard InChI is InChI=1S/C16H22N2O3/c1-4-10-18-16(19)12(3)21-14-7-6-13(8-9-17)11-15(14)20-5-2/h1,6-7,11-12H,5,8-10,17H2,2-3H3,(H,18,19). The number of nitrogens with two attached hydrogens (primary N) is 1. The van der Waals surface area contributed by atoms with Gasteiger partial charge < -0.3 is 20.5 Å². The van der Waals surface area contributed by atoms with E-state index in [1.54, 1.807) is 13.0 Å². The Morgan fingerprint density at radius 2 is 2.24 bits per heavy atom. The van der Waals surface area contributed by atoms with E-state index in [0.717, 1.165) is 12.0 Å². The Hall–Kier alpha value is -2.19. The van der Waals surface area contributed by atoms with Crippen molar-refractivity contribution < 1.29 is 14.3 Å². The quantitative estimate of drug-likeness (QED) is 0.703. The van der Waals surface area contributed by atoms with Gasteiger partial charge in [-0.05, 0) is 44.5 Å². The SMILES string of the molecule is C#CCNC(=O)C(C)Oc1ccc(CCN)cc1OCC. The summed E-state index contributed by atoms with van der Waals surface area (Å²) in [5.41, 5.74) is 6.62. The summed E-state index contributed by atoms with van der Waals surface area (Å²) in [6.45, 7) is 4.81. The van der Waals surface area contributed by atoms with Crippen molar-refractivity contribution in [3.63, 3.8) is 0 Å². The normalized spacial score (nSPS) is 11.3. The Labute approximate surface area is 125 Å². The first-order valence-corrected chi connectivity index (χ1v) is 6.96. The maximum atomic E-state index is 11.8. The fourth-order valence-electron chi connectivity index (χ4n) is 1.77. The number of carbonyl (C=O) groups is 1. The molecule has 1 rings (SSSR count). The van der Waals surface area contributed by atoms with Crippen molar-refractivity contribution in [3.8, 4) is 23.8 Å². The number of amides is 1. The van der Waals surface area contributed by atoms with Crippen LogP contribution in [0.25, 0.3) is 0 Å². The highest BCUT2D eigenvalue weighted by Crippen LogP contribution is 2.29. The molecule has 0 bridgehead atoms. The van der Waals surface area contributed by atoms with E-state index in [0.29, 0.717) is 24.7 Å². The Balaban J connectivity index is 2.81. The second-order valence-electron chi connectivity index (χ2n) is 4.43. The molecule has 0 aliphatic carbocycles. The van der Waals surface area contributed by atoms with Gasteiger partial charge in [-0.15, -0.1) is 6.42 Å². The van der Waals surface area contributed by atoms with Gasteiger partial charge in [0.05, 0.1) is 13.2 Å². The van der Waals surface area contributed by atoms with Crippen molar-refractivity contribution in [2.24, 2.45) is 5.73 Å². The summed E-state index contributed by atoms with van der Waals surface area (Å²) in [4.78, 5) is 11.8.